The van der Waals surface area contributed by atoms with E-state index in [-0.39, 0.29) is 11.7 Å². The summed E-state index contributed by atoms with van der Waals surface area (Å²) in [6, 6.07) is 11.7. The predicted octanol–water partition coefficient (Wildman–Crippen LogP) is 5.97. The average Bonchev–Trinajstić information content (AvgIpc) is 2.76. The van der Waals surface area contributed by atoms with Gasteiger partial charge in [0.1, 0.15) is 11.5 Å². The van der Waals surface area contributed by atoms with Crippen molar-refractivity contribution in [2.75, 3.05) is 13.2 Å². The third-order valence-electron chi connectivity index (χ3n) is 4.80. The van der Waals surface area contributed by atoms with Gasteiger partial charge in [0.05, 0.1) is 23.5 Å². The van der Waals surface area contributed by atoms with Crippen LogP contribution in [0, 0.1) is 5.92 Å². The van der Waals surface area contributed by atoms with Gasteiger partial charge in [0.2, 0.25) is 0 Å². The molecule has 30 heavy (non-hydrogen) atoms. The monoisotopic (exact) mass is 464 g/mol. The second-order valence-corrected chi connectivity index (χ2v) is 9.78. The van der Waals surface area contributed by atoms with E-state index in [9.17, 15) is 9.36 Å². The number of allylic oxidation sites excluding steroid dienone is 3. The van der Waals surface area contributed by atoms with Crippen molar-refractivity contribution in [3.05, 3.63) is 82.1 Å². The third kappa shape index (κ3) is 4.72. The van der Waals surface area contributed by atoms with E-state index in [4.69, 9.17) is 37.0 Å². The fraction of sp³-hybridized carbons (Fsp3) is 0.227. The van der Waals surface area contributed by atoms with Crippen molar-refractivity contribution in [3.8, 4) is 5.75 Å². The van der Waals surface area contributed by atoms with Crippen molar-refractivity contribution < 1.29 is 23.1 Å². The van der Waals surface area contributed by atoms with Crippen molar-refractivity contribution in [1.82, 2.24) is 0 Å². The number of halogens is 2. The molecule has 1 fully saturated rings. The number of hydrogen-bond acceptors (Lipinski definition) is 5. The van der Waals surface area contributed by atoms with Crippen LogP contribution >= 0.6 is 30.8 Å². The van der Waals surface area contributed by atoms with E-state index in [2.05, 4.69) is 0 Å². The number of ether oxygens (including phenoxy) is 1. The van der Waals surface area contributed by atoms with Gasteiger partial charge in [-0.2, -0.15) is 0 Å². The lowest BCUT2D eigenvalue weighted by Gasteiger charge is -2.23. The van der Waals surface area contributed by atoms with Crippen LogP contribution in [0.2, 0.25) is 10.0 Å². The summed E-state index contributed by atoms with van der Waals surface area (Å²) < 4.78 is 29.2. The first-order valence-electron chi connectivity index (χ1n) is 9.50. The summed E-state index contributed by atoms with van der Waals surface area (Å²) in [5.74, 6) is 0.790. The highest BCUT2D eigenvalue weighted by Gasteiger charge is 2.30. The Kier molecular flexibility index (Phi) is 6.47. The molecule has 1 saturated heterocycles. The van der Waals surface area contributed by atoms with Crippen LogP contribution < -0.4 is 10.0 Å². The summed E-state index contributed by atoms with van der Waals surface area (Å²) in [7, 11) is -3.23. The first kappa shape index (κ1) is 21.4. The normalized spacial score (nSPS) is 20.5. The van der Waals surface area contributed by atoms with Crippen LogP contribution in [0.15, 0.2) is 66.5 Å². The van der Waals surface area contributed by atoms with E-state index in [1.165, 1.54) is 0 Å². The minimum atomic E-state index is -3.23. The summed E-state index contributed by atoms with van der Waals surface area (Å²) >= 11 is 12.1. The lowest BCUT2D eigenvalue weighted by atomic mass is 9.91. The molecule has 8 heteroatoms. The molecular weight excluding hydrogens is 446 g/mol. The molecule has 1 heterocycles. The second-order valence-electron chi connectivity index (χ2n) is 6.91. The summed E-state index contributed by atoms with van der Waals surface area (Å²) in [4.78, 5) is 12.7. The molecule has 0 radical (unpaired) electrons. The van der Waals surface area contributed by atoms with Crippen LogP contribution in [0.3, 0.4) is 0 Å². The topological polar surface area (TPSA) is 61.8 Å². The molecule has 5 nitrogen and oxygen atoms in total. The fourth-order valence-corrected chi connectivity index (χ4v) is 5.21. The first-order valence-corrected chi connectivity index (χ1v) is 11.8. The van der Waals surface area contributed by atoms with Gasteiger partial charge < -0.3 is 13.8 Å². The molecule has 0 saturated carbocycles. The molecule has 0 bridgehead atoms. The van der Waals surface area contributed by atoms with E-state index < -0.39 is 7.60 Å². The maximum atomic E-state index is 12.7. The van der Waals surface area contributed by atoms with Crippen molar-refractivity contribution in [1.29, 1.82) is 0 Å². The molecule has 0 spiro atoms. The highest BCUT2D eigenvalue weighted by Crippen LogP contribution is 2.49. The Bertz CT molecular complexity index is 1050. The number of rotatable bonds is 5. The number of carbonyl (C=O) groups excluding carboxylic acids is 1. The molecule has 1 unspecified atom stereocenters. The lowest BCUT2D eigenvalue weighted by molar-refractivity contribution is 0.0945. The molecule has 1 atom stereocenters. The van der Waals surface area contributed by atoms with E-state index in [1.54, 1.807) is 54.6 Å². The van der Waals surface area contributed by atoms with Crippen LogP contribution in [-0.4, -0.2) is 19.0 Å². The molecule has 2 aromatic rings. The largest absolute Gasteiger partial charge is 0.458 e. The average molecular weight is 465 g/mol. The third-order valence-corrected chi connectivity index (χ3v) is 7.34. The smallest absolute Gasteiger partial charge is 0.361 e. The number of ketones is 1. The molecule has 0 aromatic heterocycles. The zero-order chi connectivity index (χ0) is 21.1. The predicted molar refractivity (Wildman–Crippen MR) is 117 cm³/mol. The Balaban J connectivity index is 1.40. The Morgan fingerprint density at radius 1 is 1.07 bits per heavy atom. The molecule has 0 amide bonds. The van der Waals surface area contributed by atoms with Crippen molar-refractivity contribution in [2.45, 2.75) is 12.8 Å². The molecule has 2 aromatic carbocycles. The molecule has 1 aliphatic carbocycles. The van der Waals surface area contributed by atoms with Crippen molar-refractivity contribution in [2.24, 2.45) is 5.92 Å². The zero-order valence-corrected chi connectivity index (χ0v) is 18.3. The van der Waals surface area contributed by atoms with Crippen LogP contribution in [0.1, 0.15) is 23.2 Å². The molecule has 0 N–H and O–H groups in total. The number of hydrogen-bond donors (Lipinski definition) is 0. The number of carbonyl (C=O) groups is 1. The first-order chi connectivity index (χ1) is 14.4. The Morgan fingerprint density at radius 2 is 1.80 bits per heavy atom. The van der Waals surface area contributed by atoms with Crippen molar-refractivity contribution in [3.63, 3.8) is 0 Å². The SMILES string of the molecule is O=C(c1cc(Cl)ccc1Cl)C1C=CC(Oc2ccc(P3(=O)OCCCO3)cc2)=CC1. The highest BCUT2D eigenvalue weighted by molar-refractivity contribution is 7.62. The quantitative estimate of drug-likeness (QED) is 0.402. The molecule has 2 aliphatic rings. The summed E-state index contributed by atoms with van der Waals surface area (Å²) in [5, 5.41) is 1.36. The molecule has 4 rings (SSSR count). The lowest BCUT2D eigenvalue weighted by Crippen LogP contribution is -2.17. The van der Waals surface area contributed by atoms with Gasteiger partial charge in [0, 0.05) is 16.5 Å². The van der Waals surface area contributed by atoms with E-state index in [1.807, 2.05) is 6.08 Å². The number of Topliss-reactive ketones (excluding diaryl/α,β-unsaturated/α-hetero) is 1. The molecular formula is C22H19Cl2O5P. The Hall–Kier alpha value is -1.88. The van der Waals surface area contributed by atoms with Crippen molar-refractivity contribution >= 4 is 41.9 Å². The van der Waals surface area contributed by atoms with E-state index in [0.717, 1.165) is 6.42 Å². The van der Waals surface area contributed by atoms with E-state index in [0.29, 0.717) is 52.1 Å². The van der Waals surface area contributed by atoms with Crippen LogP contribution in [0.5, 0.6) is 5.75 Å². The van der Waals surface area contributed by atoms with Gasteiger partial charge in [-0.3, -0.25) is 9.36 Å². The van der Waals surface area contributed by atoms with E-state index >= 15 is 0 Å². The Labute approximate surface area is 184 Å². The maximum Gasteiger partial charge on any atom is 0.361 e. The zero-order valence-electron chi connectivity index (χ0n) is 15.9. The van der Waals surface area contributed by atoms with Gasteiger partial charge >= 0.3 is 7.60 Å². The fourth-order valence-electron chi connectivity index (χ4n) is 3.20. The number of benzene rings is 2. The van der Waals surface area contributed by atoms with Gasteiger partial charge in [-0.05, 0) is 67.5 Å². The van der Waals surface area contributed by atoms with Crippen LogP contribution in [0.4, 0.5) is 0 Å². The van der Waals surface area contributed by atoms with Crippen LogP contribution in [-0.2, 0) is 13.6 Å². The summed E-state index contributed by atoms with van der Waals surface area (Å²) in [6.07, 6.45) is 6.63. The molecule has 1 aliphatic heterocycles. The second kappa shape index (κ2) is 9.09. The maximum absolute atomic E-state index is 12.7. The van der Waals surface area contributed by atoms with Gasteiger partial charge in [-0.15, -0.1) is 0 Å². The van der Waals surface area contributed by atoms with Gasteiger partial charge in [-0.25, -0.2) is 0 Å². The standard InChI is InChI=1S/C22H19Cl2O5P/c23-16-4-11-21(24)20(14-16)22(25)15-2-5-17(6-3-15)29-18-7-9-19(10-8-18)30(26)27-12-1-13-28-30/h2,4-11,14-15H,1,3,12-13H2. The highest BCUT2D eigenvalue weighted by atomic mass is 35.5. The summed E-state index contributed by atoms with van der Waals surface area (Å²) in [6.45, 7) is 0.848. The van der Waals surface area contributed by atoms with Gasteiger partial charge in [-0.1, -0.05) is 29.3 Å². The van der Waals surface area contributed by atoms with Gasteiger partial charge in [0.25, 0.3) is 0 Å². The van der Waals surface area contributed by atoms with Gasteiger partial charge in [0.15, 0.2) is 5.78 Å². The molecule has 156 valence electrons. The van der Waals surface area contributed by atoms with Crippen LogP contribution in [0.25, 0.3) is 0 Å². The summed E-state index contributed by atoms with van der Waals surface area (Å²) in [5.41, 5.74) is 0.411. The Morgan fingerprint density at radius 3 is 2.47 bits per heavy atom. The minimum Gasteiger partial charge on any atom is -0.458 e. The minimum absolute atomic E-state index is 0.0874.